The fraction of sp³-hybridized carbons (Fsp3) is 0.368. The highest BCUT2D eigenvalue weighted by molar-refractivity contribution is 5.96. The number of hydrogen-bond donors (Lipinski definition) is 1. The Morgan fingerprint density at radius 3 is 2.78 bits per heavy atom. The van der Waals surface area contributed by atoms with Crippen LogP contribution in [0.25, 0.3) is 11.1 Å². The molecule has 4 heteroatoms. The summed E-state index contributed by atoms with van der Waals surface area (Å²) in [4.78, 5) is 16.9. The molecule has 0 unspecified atom stereocenters. The summed E-state index contributed by atoms with van der Waals surface area (Å²) in [6, 6.07) is 11.9. The molecule has 2 aromatic rings. The van der Waals surface area contributed by atoms with Crippen LogP contribution in [0.5, 0.6) is 0 Å². The molecule has 1 aliphatic rings. The summed E-state index contributed by atoms with van der Waals surface area (Å²) in [5, 5.41) is 3.05. The number of anilines is 1. The van der Waals surface area contributed by atoms with Gasteiger partial charge in [-0.1, -0.05) is 44.2 Å². The number of benzene rings is 1. The molecule has 4 nitrogen and oxygen atoms in total. The van der Waals surface area contributed by atoms with Crippen LogP contribution in [0.2, 0.25) is 0 Å². The maximum Gasteiger partial charge on any atom is 0.230 e. The molecule has 0 aliphatic carbocycles. The van der Waals surface area contributed by atoms with Crippen LogP contribution < -0.4 is 5.32 Å². The van der Waals surface area contributed by atoms with Crippen molar-refractivity contribution in [3.63, 3.8) is 0 Å². The Bertz CT molecular complexity index is 670. The molecule has 1 aromatic carbocycles. The van der Waals surface area contributed by atoms with Crippen molar-refractivity contribution in [1.29, 1.82) is 0 Å². The number of rotatable bonds is 4. The van der Waals surface area contributed by atoms with E-state index in [4.69, 9.17) is 4.74 Å². The molecule has 3 rings (SSSR count). The largest absolute Gasteiger partial charge is 0.377 e. The summed E-state index contributed by atoms with van der Waals surface area (Å²) in [7, 11) is 0. The van der Waals surface area contributed by atoms with Crippen LogP contribution in [0.15, 0.2) is 48.8 Å². The predicted molar refractivity (Wildman–Crippen MR) is 91.0 cm³/mol. The van der Waals surface area contributed by atoms with Gasteiger partial charge in [0.25, 0.3) is 0 Å². The molecule has 0 radical (unpaired) electrons. The second-order valence-electron chi connectivity index (χ2n) is 6.25. The molecule has 1 aliphatic heterocycles. The number of aromatic nitrogens is 1. The van der Waals surface area contributed by atoms with Gasteiger partial charge in [-0.3, -0.25) is 9.78 Å². The molecule has 0 saturated carbocycles. The van der Waals surface area contributed by atoms with E-state index in [0.29, 0.717) is 12.5 Å². The SMILES string of the molecule is CC(C)[C@H]1OCC[C@@H]1C(=O)Nc1cnccc1-c1ccccc1. The summed E-state index contributed by atoms with van der Waals surface area (Å²) < 4.78 is 5.72. The Hall–Kier alpha value is -2.20. The lowest BCUT2D eigenvalue weighted by Crippen LogP contribution is -2.33. The Morgan fingerprint density at radius 2 is 2.04 bits per heavy atom. The minimum atomic E-state index is -0.0983. The van der Waals surface area contributed by atoms with E-state index < -0.39 is 0 Å². The van der Waals surface area contributed by atoms with Crippen molar-refractivity contribution in [1.82, 2.24) is 4.98 Å². The number of carbonyl (C=O) groups excluding carboxylic acids is 1. The molecule has 0 bridgehead atoms. The maximum atomic E-state index is 12.7. The van der Waals surface area contributed by atoms with Crippen molar-refractivity contribution < 1.29 is 9.53 Å². The first-order valence-corrected chi connectivity index (χ1v) is 8.08. The number of nitrogens with zero attached hydrogens (tertiary/aromatic N) is 1. The van der Waals surface area contributed by atoms with E-state index in [2.05, 4.69) is 24.1 Å². The third kappa shape index (κ3) is 3.42. The maximum absolute atomic E-state index is 12.7. The van der Waals surface area contributed by atoms with E-state index in [1.165, 1.54) is 0 Å². The highest BCUT2D eigenvalue weighted by atomic mass is 16.5. The van der Waals surface area contributed by atoms with Crippen molar-refractivity contribution in [2.75, 3.05) is 11.9 Å². The monoisotopic (exact) mass is 310 g/mol. The van der Waals surface area contributed by atoms with Crippen LogP contribution in [-0.2, 0) is 9.53 Å². The summed E-state index contributed by atoms with van der Waals surface area (Å²) in [6.07, 6.45) is 4.22. The Balaban J connectivity index is 1.82. The quantitative estimate of drug-likeness (QED) is 0.935. The molecule has 2 atom stereocenters. The summed E-state index contributed by atoms with van der Waals surface area (Å²) >= 11 is 0. The van der Waals surface area contributed by atoms with Gasteiger partial charge in [-0.25, -0.2) is 0 Å². The van der Waals surface area contributed by atoms with Crippen LogP contribution in [-0.4, -0.2) is 23.6 Å². The van der Waals surface area contributed by atoms with E-state index >= 15 is 0 Å². The molecule has 1 fully saturated rings. The molecular weight excluding hydrogens is 288 g/mol. The number of pyridine rings is 1. The van der Waals surface area contributed by atoms with Crippen LogP contribution >= 0.6 is 0 Å². The van der Waals surface area contributed by atoms with Gasteiger partial charge in [-0.2, -0.15) is 0 Å². The zero-order valence-electron chi connectivity index (χ0n) is 13.5. The average molecular weight is 310 g/mol. The second-order valence-corrected chi connectivity index (χ2v) is 6.25. The highest BCUT2D eigenvalue weighted by Crippen LogP contribution is 2.31. The number of nitrogens with one attached hydrogen (secondary N) is 1. The van der Waals surface area contributed by atoms with Gasteiger partial charge in [0, 0.05) is 18.4 Å². The van der Waals surface area contributed by atoms with Crippen molar-refractivity contribution in [2.24, 2.45) is 11.8 Å². The van der Waals surface area contributed by atoms with Gasteiger partial charge in [-0.15, -0.1) is 0 Å². The summed E-state index contributed by atoms with van der Waals surface area (Å²) in [6.45, 7) is 4.84. The first-order chi connectivity index (χ1) is 11.2. The number of hydrogen-bond acceptors (Lipinski definition) is 3. The molecule has 23 heavy (non-hydrogen) atoms. The lowest BCUT2D eigenvalue weighted by Gasteiger charge is -2.21. The van der Waals surface area contributed by atoms with Gasteiger partial charge in [0.2, 0.25) is 5.91 Å². The first-order valence-electron chi connectivity index (χ1n) is 8.08. The van der Waals surface area contributed by atoms with Gasteiger partial charge < -0.3 is 10.1 Å². The second kappa shape index (κ2) is 6.92. The smallest absolute Gasteiger partial charge is 0.230 e. The third-order valence-corrected chi connectivity index (χ3v) is 4.29. The fourth-order valence-corrected chi connectivity index (χ4v) is 3.14. The lowest BCUT2D eigenvalue weighted by molar-refractivity contribution is -0.122. The van der Waals surface area contributed by atoms with Crippen LogP contribution in [0.1, 0.15) is 20.3 Å². The van der Waals surface area contributed by atoms with E-state index in [1.54, 1.807) is 12.4 Å². The van der Waals surface area contributed by atoms with E-state index in [9.17, 15) is 4.79 Å². The van der Waals surface area contributed by atoms with E-state index in [0.717, 1.165) is 23.2 Å². The van der Waals surface area contributed by atoms with Gasteiger partial charge >= 0.3 is 0 Å². The van der Waals surface area contributed by atoms with Gasteiger partial charge in [-0.05, 0) is 24.0 Å². The van der Waals surface area contributed by atoms with Gasteiger partial charge in [0.15, 0.2) is 0 Å². The normalized spacial score (nSPS) is 20.7. The highest BCUT2D eigenvalue weighted by Gasteiger charge is 2.36. The Labute approximate surface area is 136 Å². The van der Waals surface area contributed by atoms with Crippen molar-refractivity contribution in [3.8, 4) is 11.1 Å². The standard InChI is InChI=1S/C19H22N2O2/c1-13(2)18-16(9-11-23-18)19(22)21-17-12-20-10-8-15(17)14-6-4-3-5-7-14/h3-8,10,12-13,16,18H,9,11H2,1-2H3,(H,21,22)/t16-,18+/m0/s1. The van der Waals surface area contributed by atoms with Crippen molar-refractivity contribution in [2.45, 2.75) is 26.4 Å². The Morgan fingerprint density at radius 1 is 1.26 bits per heavy atom. The van der Waals surface area contributed by atoms with E-state index in [1.807, 2.05) is 36.4 Å². The molecule has 1 N–H and O–H groups in total. The van der Waals surface area contributed by atoms with Crippen LogP contribution in [0.3, 0.4) is 0 Å². The number of carbonyl (C=O) groups is 1. The van der Waals surface area contributed by atoms with Crippen LogP contribution in [0.4, 0.5) is 5.69 Å². The minimum Gasteiger partial charge on any atom is -0.377 e. The Kier molecular flexibility index (Phi) is 4.72. The summed E-state index contributed by atoms with van der Waals surface area (Å²) in [5.41, 5.74) is 2.79. The molecule has 1 aromatic heterocycles. The molecular formula is C19H22N2O2. The zero-order chi connectivity index (χ0) is 16.2. The van der Waals surface area contributed by atoms with Crippen molar-refractivity contribution >= 4 is 11.6 Å². The first kappa shape index (κ1) is 15.7. The number of amides is 1. The topological polar surface area (TPSA) is 51.2 Å². The van der Waals surface area contributed by atoms with Gasteiger partial charge in [0.1, 0.15) is 0 Å². The average Bonchev–Trinajstić information content (AvgIpc) is 3.06. The summed E-state index contributed by atoms with van der Waals surface area (Å²) in [5.74, 6) is 0.251. The molecule has 120 valence electrons. The molecule has 0 spiro atoms. The van der Waals surface area contributed by atoms with Crippen LogP contribution in [0, 0.1) is 11.8 Å². The lowest BCUT2D eigenvalue weighted by atomic mass is 9.92. The van der Waals surface area contributed by atoms with Gasteiger partial charge in [0.05, 0.1) is 23.9 Å². The number of ether oxygens (including phenoxy) is 1. The fourth-order valence-electron chi connectivity index (χ4n) is 3.14. The van der Waals surface area contributed by atoms with E-state index in [-0.39, 0.29) is 17.9 Å². The predicted octanol–water partition coefficient (Wildman–Crippen LogP) is 3.75. The molecule has 1 saturated heterocycles. The third-order valence-electron chi connectivity index (χ3n) is 4.29. The zero-order valence-corrected chi connectivity index (χ0v) is 13.5. The molecule has 2 heterocycles. The van der Waals surface area contributed by atoms with Crippen molar-refractivity contribution in [3.05, 3.63) is 48.8 Å². The minimum absolute atomic E-state index is 0.00755. The molecule has 1 amide bonds.